The van der Waals surface area contributed by atoms with E-state index in [1.54, 1.807) is 11.1 Å². The van der Waals surface area contributed by atoms with Crippen LogP contribution in [0.3, 0.4) is 0 Å². The van der Waals surface area contributed by atoms with Gasteiger partial charge in [0.05, 0.1) is 6.54 Å². The Bertz CT molecular complexity index is 527. The summed E-state index contributed by atoms with van der Waals surface area (Å²) in [5, 5.41) is 5.75. The van der Waals surface area contributed by atoms with E-state index in [4.69, 9.17) is 0 Å². The second kappa shape index (κ2) is 5.75. The molecule has 6 heteroatoms. The van der Waals surface area contributed by atoms with Gasteiger partial charge in [0.25, 0.3) is 0 Å². The van der Waals surface area contributed by atoms with Crippen LogP contribution in [-0.2, 0) is 16.1 Å². The van der Waals surface area contributed by atoms with E-state index in [0.717, 1.165) is 24.3 Å². The molecule has 3 rings (SSSR count). The molecule has 2 amide bonds. The topological polar surface area (TPSA) is 62.3 Å². The molecule has 1 aromatic rings. The van der Waals surface area contributed by atoms with E-state index >= 15 is 0 Å². The summed E-state index contributed by atoms with van der Waals surface area (Å²) in [6, 6.07) is -0.695. The van der Waals surface area contributed by atoms with Crippen molar-refractivity contribution in [2.45, 2.75) is 51.7 Å². The SMILES string of the molecule is CCC(C)C1NC(=O)C(C2CC2)N(Cc2nccs2)C1=O. The summed E-state index contributed by atoms with van der Waals surface area (Å²) in [5.41, 5.74) is 0. The normalized spacial score (nSPS) is 27.6. The zero-order valence-corrected chi connectivity index (χ0v) is 13.2. The van der Waals surface area contributed by atoms with Gasteiger partial charge in [0.15, 0.2) is 0 Å². The molecule has 0 bridgehead atoms. The standard InChI is InChI=1S/C15H21N3O2S/c1-3-9(2)12-15(20)18(8-11-16-6-7-21-11)13(10-4-5-10)14(19)17-12/h6-7,9-10,12-13H,3-5,8H2,1-2H3,(H,17,19). The third-order valence-electron chi connectivity index (χ3n) is 4.52. The molecule has 2 heterocycles. The Balaban J connectivity index is 1.85. The first kappa shape index (κ1) is 14.5. The predicted octanol–water partition coefficient (Wildman–Crippen LogP) is 1.79. The summed E-state index contributed by atoms with van der Waals surface area (Å²) >= 11 is 1.53. The number of rotatable bonds is 5. The Morgan fingerprint density at radius 3 is 2.81 bits per heavy atom. The van der Waals surface area contributed by atoms with Gasteiger partial charge in [-0.05, 0) is 24.7 Å². The van der Waals surface area contributed by atoms with Gasteiger partial charge in [-0.2, -0.15) is 0 Å². The minimum Gasteiger partial charge on any atom is -0.342 e. The minimum absolute atomic E-state index is 0.0129. The van der Waals surface area contributed by atoms with Crippen LogP contribution in [0, 0.1) is 11.8 Å². The monoisotopic (exact) mass is 307 g/mol. The Kier molecular flexibility index (Phi) is 3.97. The number of nitrogens with one attached hydrogen (secondary N) is 1. The summed E-state index contributed by atoms with van der Waals surface area (Å²) in [6.45, 7) is 4.52. The zero-order chi connectivity index (χ0) is 15.0. The zero-order valence-electron chi connectivity index (χ0n) is 12.4. The molecule has 2 fully saturated rings. The highest BCUT2D eigenvalue weighted by Crippen LogP contribution is 2.38. The number of piperazine rings is 1. The summed E-state index contributed by atoms with van der Waals surface area (Å²) in [5.74, 6) is 0.544. The minimum atomic E-state index is -0.391. The van der Waals surface area contributed by atoms with E-state index in [0.29, 0.717) is 12.5 Å². The second-order valence-corrected chi connectivity index (χ2v) is 7.03. The summed E-state index contributed by atoms with van der Waals surface area (Å²) in [7, 11) is 0. The first-order valence-electron chi connectivity index (χ1n) is 7.61. The molecule has 3 unspecified atom stereocenters. The molecule has 1 aliphatic carbocycles. The van der Waals surface area contributed by atoms with E-state index in [2.05, 4.69) is 10.3 Å². The molecule has 0 radical (unpaired) electrons. The molecular weight excluding hydrogens is 286 g/mol. The van der Waals surface area contributed by atoms with Gasteiger partial charge in [0, 0.05) is 11.6 Å². The Morgan fingerprint density at radius 1 is 1.48 bits per heavy atom. The lowest BCUT2D eigenvalue weighted by molar-refractivity contribution is -0.152. The van der Waals surface area contributed by atoms with Crippen LogP contribution in [0.1, 0.15) is 38.1 Å². The number of carbonyl (C=O) groups excluding carboxylic acids is 2. The number of aromatic nitrogens is 1. The van der Waals surface area contributed by atoms with Crippen LogP contribution in [0.4, 0.5) is 0 Å². The summed E-state index contributed by atoms with van der Waals surface area (Å²) < 4.78 is 0. The van der Waals surface area contributed by atoms with Crippen molar-refractivity contribution < 1.29 is 9.59 Å². The average molecular weight is 307 g/mol. The molecule has 3 atom stereocenters. The maximum absolute atomic E-state index is 12.8. The highest BCUT2D eigenvalue weighted by Gasteiger charge is 2.48. The van der Waals surface area contributed by atoms with Crippen molar-refractivity contribution in [1.29, 1.82) is 0 Å². The van der Waals surface area contributed by atoms with E-state index < -0.39 is 6.04 Å². The number of carbonyl (C=O) groups is 2. The summed E-state index contributed by atoms with van der Waals surface area (Å²) in [4.78, 5) is 31.3. The third-order valence-corrected chi connectivity index (χ3v) is 5.29. The van der Waals surface area contributed by atoms with Crippen molar-refractivity contribution in [3.05, 3.63) is 16.6 Å². The van der Waals surface area contributed by atoms with Gasteiger partial charge in [-0.25, -0.2) is 4.98 Å². The third kappa shape index (κ3) is 2.81. The lowest BCUT2D eigenvalue weighted by Gasteiger charge is -2.40. The second-order valence-electron chi connectivity index (χ2n) is 6.05. The van der Waals surface area contributed by atoms with E-state index in [1.165, 1.54) is 11.3 Å². The molecule has 5 nitrogen and oxygen atoms in total. The van der Waals surface area contributed by atoms with Crippen molar-refractivity contribution in [2.24, 2.45) is 11.8 Å². The number of hydrogen-bond acceptors (Lipinski definition) is 4. The summed E-state index contributed by atoms with van der Waals surface area (Å²) in [6.07, 6.45) is 4.68. The van der Waals surface area contributed by atoms with Crippen molar-refractivity contribution in [3.8, 4) is 0 Å². The van der Waals surface area contributed by atoms with Crippen LogP contribution in [0.2, 0.25) is 0 Å². The van der Waals surface area contributed by atoms with Gasteiger partial charge in [-0.15, -0.1) is 11.3 Å². The molecular formula is C15H21N3O2S. The number of amides is 2. The van der Waals surface area contributed by atoms with E-state index in [-0.39, 0.29) is 23.8 Å². The van der Waals surface area contributed by atoms with Gasteiger partial charge in [0.1, 0.15) is 17.1 Å². The lowest BCUT2D eigenvalue weighted by Crippen LogP contribution is -2.65. The van der Waals surface area contributed by atoms with Gasteiger partial charge in [-0.1, -0.05) is 20.3 Å². The van der Waals surface area contributed by atoms with Crippen molar-refractivity contribution >= 4 is 23.2 Å². The van der Waals surface area contributed by atoms with Crippen LogP contribution in [0.15, 0.2) is 11.6 Å². The fourth-order valence-corrected chi connectivity index (χ4v) is 3.53. The van der Waals surface area contributed by atoms with E-state index in [9.17, 15) is 9.59 Å². The van der Waals surface area contributed by atoms with Crippen LogP contribution in [0.5, 0.6) is 0 Å². The van der Waals surface area contributed by atoms with Crippen molar-refractivity contribution in [1.82, 2.24) is 15.2 Å². The fraction of sp³-hybridized carbons (Fsp3) is 0.667. The van der Waals surface area contributed by atoms with Crippen LogP contribution < -0.4 is 5.32 Å². The number of thiazole rings is 1. The Labute approximate surface area is 128 Å². The average Bonchev–Trinajstić information content (AvgIpc) is 3.17. The van der Waals surface area contributed by atoms with Crippen LogP contribution in [-0.4, -0.2) is 33.8 Å². The predicted molar refractivity (Wildman–Crippen MR) is 80.6 cm³/mol. The van der Waals surface area contributed by atoms with Crippen molar-refractivity contribution in [3.63, 3.8) is 0 Å². The number of nitrogens with zero attached hydrogens (tertiary/aromatic N) is 2. The number of hydrogen-bond donors (Lipinski definition) is 1. The smallest absolute Gasteiger partial charge is 0.246 e. The maximum atomic E-state index is 12.8. The van der Waals surface area contributed by atoms with Crippen molar-refractivity contribution in [2.75, 3.05) is 0 Å². The molecule has 2 aliphatic rings. The molecule has 114 valence electrons. The molecule has 0 aromatic carbocycles. The van der Waals surface area contributed by atoms with Crippen LogP contribution >= 0.6 is 11.3 Å². The Hall–Kier alpha value is -1.43. The molecule has 21 heavy (non-hydrogen) atoms. The largest absolute Gasteiger partial charge is 0.342 e. The first-order valence-corrected chi connectivity index (χ1v) is 8.49. The molecule has 1 aromatic heterocycles. The first-order chi connectivity index (χ1) is 10.1. The van der Waals surface area contributed by atoms with Gasteiger partial charge < -0.3 is 10.2 Å². The molecule has 1 saturated heterocycles. The van der Waals surface area contributed by atoms with Gasteiger partial charge in [0.2, 0.25) is 11.8 Å². The maximum Gasteiger partial charge on any atom is 0.246 e. The van der Waals surface area contributed by atoms with E-state index in [1.807, 2.05) is 19.2 Å². The Morgan fingerprint density at radius 2 is 2.24 bits per heavy atom. The highest BCUT2D eigenvalue weighted by molar-refractivity contribution is 7.09. The quantitative estimate of drug-likeness (QED) is 0.902. The fourth-order valence-electron chi connectivity index (χ4n) is 2.91. The highest BCUT2D eigenvalue weighted by atomic mass is 32.1. The van der Waals surface area contributed by atoms with Gasteiger partial charge in [-0.3, -0.25) is 9.59 Å². The molecule has 0 spiro atoms. The molecule has 1 N–H and O–H groups in total. The lowest BCUT2D eigenvalue weighted by atomic mass is 9.93. The van der Waals surface area contributed by atoms with Crippen LogP contribution in [0.25, 0.3) is 0 Å². The van der Waals surface area contributed by atoms with Gasteiger partial charge >= 0.3 is 0 Å². The molecule has 1 aliphatic heterocycles. The molecule has 1 saturated carbocycles.